The Morgan fingerprint density at radius 1 is 1.29 bits per heavy atom. The molecule has 0 aliphatic rings. The third-order valence-corrected chi connectivity index (χ3v) is 2.54. The van der Waals surface area contributed by atoms with E-state index in [1.54, 1.807) is 0 Å². The van der Waals surface area contributed by atoms with Crippen LogP contribution < -0.4 is 5.73 Å². The zero-order chi connectivity index (χ0) is 13.3. The molecule has 94 valence electrons. The Bertz CT molecular complexity index is 419. The van der Waals surface area contributed by atoms with Crippen LogP contribution in [0.5, 0.6) is 0 Å². The second-order valence-electron chi connectivity index (χ2n) is 3.58. The standard InChI is InChI=1S/C10H9ClF3NO2/c11-7-3-1-6(2-4-7)5-9(15,8(16)17)10(12,13)14/h1-4H,5,15H2,(H,16,17). The van der Waals surface area contributed by atoms with Gasteiger partial charge in [0, 0.05) is 11.4 Å². The molecular weight excluding hydrogens is 259 g/mol. The first-order chi connectivity index (χ1) is 7.67. The summed E-state index contributed by atoms with van der Waals surface area (Å²) in [7, 11) is 0. The Morgan fingerprint density at radius 2 is 1.76 bits per heavy atom. The predicted octanol–water partition coefficient (Wildman–Crippen LogP) is 2.23. The van der Waals surface area contributed by atoms with Gasteiger partial charge in [0.1, 0.15) is 0 Å². The minimum atomic E-state index is -5.03. The summed E-state index contributed by atoms with van der Waals surface area (Å²) in [6.45, 7) is 0. The molecule has 1 aromatic carbocycles. The first kappa shape index (κ1) is 13.8. The molecule has 1 unspecified atom stereocenters. The molecule has 0 radical (unpaired) electrons. The number of carboxylic acids is 1. The van der Waals surface area contributed by atoms with Crippen LogP contribution in [0.1, 0.15) is 5.56 Å². The summed E-state index contributed by atoms with van der Waals surface area (Å²) in [5.74, 6) is -2.11. The highest BCUT2D eigenvalue weighted by Crippen LogP contribution is 2.31. The number of carbonyl (C=O) groups is 1. The summed E-state index contributed by atoms with van der Waals surface area (Å²) in [5.41, 5.74) is 1.79. The van der Waals surface area contributed by atoms with Crippen molar-refractivity contribution in [3.8, 4) is 0 Å². The number of hydrogen-bond acceptors (Lipinski definition) is 2. The second-order valence-corrected chi connectivity index (χ2v) is 4.01. The monoisotopic (exact) mass is 267 g/mol. The lowest BCUT2D eigenvalue weighted by Crippen LogP contribution is -2.61. The molecule has 1 aromatic rings. The molecule has 3 N–H and O–H groups in total. The highest BCUT2D eigenvalue weighted by atomic mass is 35.5. The lowest BCUT2D eigenvalue weighted by Gasteiger charge is -2.27. The van der Waals surface area contributed by atoms with Crippen molar-refractivity contribution in [2.45, 2.75) is 18.1 Å². The number of rotatable bonds is 3. The molecule has 1 rings (SSSR count). The number of aliphatic carboxylic acids is 1. The largest absolute Gasteiger partial charge is 0.480 e. The van der Waals surface area contributed by atoms with Gasteiger partial charge in [0.05, 0.1) is 0 Å². The maximum absolute atomic E-state index is 12.6. The van der Waals surface area contributed by atoms with E-state index in [1.807, 2.05) is 0 Å². The van der Waals surface area contributed by atoms with Gasteiger partial charge < -0.3 is 10.8 Å². The van der Waals surface area contributed by atoms with E-state index in [9.17, 15) is 18.0 Å². The van der Waals surface area contributed by atoms with Gasteiger partial charge in [-0.15, -0.1) is 0 Å². The number of halogens is 4. The van der Waals surface area contributed by atoms with Crippen molar-refractivity contribution < 1.29 is 23.1 Å². The lowest BCUT2D eigenvalue weighted by molar-refractivity contribution is -0.201. The molecule has 1 atom stereocenters. The van der Waals surface area contributed by atoms with Crippen molar-refractivity contribution in [2.75, 3.05) is 0 Å². The van der Waals surface area contributed by atoms with Crippen LogP contribution >= 0.6 is 11.6 Å². The Morgan fingerprint density at radius 3 is 2.12 bits per heavy atom. The quantitative estimate of drug-likeness (QED) is 0.883. The summed E-state index contributed by atoms with van der Waals surface area (Å²) in [5, 5.41) is 8.96. The van der Waals surface area contributed by atoms with E-state index in [2.05, 4.69) is 0 Å². The lowest BCUT2D eigenvalue weighted by atomic mass is 9.91. The first-order valence-corrected chi connectivity index (χ1v) is 4.88. The molecule has 0 aromatic heterocycles. The highest BCUT2D eigenvalue weighted by molar-refractivity contribution is 6.30. The fourth-order valence-electron chi connectivity index (χ4n) is 1.22. The van der Waals surface area contributed by atoms with Gasteiger partial charge in [0.2, 0.25) is 5.54 Å². The van der Waals surface area contributed by atoms with E-state index >= 15 is 0 Å². The van der Waals surface area contributed by atoms with Gasteiger partial charge in [0.15, 0.2) is 0 Å². The first-order valence-electron chi connectivity index (χ1n) is 4.50. The molecule has 0 heterocycles. The fraction of sp³-hybridized carbons (Fsp3) is 0.300. The van der Waals surface area contributed by atoms with E-state index in [1.165, 1.54) is 24.3 Å². The van der Waals surface area contributed by atoms with Gasteiger partial charge in [-0.3, -0.25) is 0 Å². The average Bonchev–Trinajstić information content (AvgIpc) is 2.19. The normalized spacial score (nSPS) is 15.4. The Hall–Kier alpha value is -1.27. The molecule has 0 saturated heterocycles. The van der Waals surface area contributed by atoms with E-state index in [0.29, 0.717) is 5.02 Å². The number of benzene rings is 1. The van der Waals surface area contributed by atoms with Crippen molar-refractivity contribution >= 4 is 17.6 Å². The number of carboxylic acid groups (broad SMARTS) is 1. The van der Waals surface area contributed by atoms with Gasteiger partial charge in [0.25, 0.3) is 0 Å². The Kier molecular flexibility index (Phi) is 3.68. The third-order valence-electron chi connectivity index (χ3n) is 2.28. The molecule has 0 saturated carbocycles. The van der Waals surface area contributed by atoms with Crippen molar-refractivity contribution in [1.29, 1.82) is 0 Å². The van der Waals surface area contributed by atoms with Crippen molar-refractivity contribution in [2.24, 2.45) is 5.73 Å². The summed E-state index contributed by atoms with van der Waals surface area (Å²) in [6.07, 6.45) is -5.87. The molecule has 17 heavy (non-hydrogen) atoms. The zero-order valence-corrected chi connectivity index (χ0v) is 9.22. The molecule has 0 bridgehead atoms. The SMILES string of the molecule is NC(Cc1ccc(Cl)cc1)(C(=O)O)C(F)(F)F. The fourth-order valence-corrected chi connectivity index (χ4v) is 1.35. The maximum atomic E-state index is 12.6. The number of nitrogens with two attached hydrogens (primary N) is 1. The zero-order valence-electron chi connectivity index (χ0n) is 8.46. The van der Waals surface area contributed by atoms with E-state index in [0.717, 1.165) is 0 Å². The van der Waals surface area contributed by atoms with E-state index in [4.69, 9.17) is 22.4 Å². The van der Waals surface area contributed by atoms with Crippen LogP contribution in [0.15, 0.2) is 24.3 Å². The minimum absolute atomic E-state index is 0.150. The van der Waals surface area contributed by atoms with Gasteiger partial charge in [-0.2, -0.15) is 13.2 Å². The van der Waals surface area contributed by atoms with Gasteiger partial charge >= 0.3 is 12.1 Å². The number of hydrogen-bond donors (Lipinski definition) is 2. The highest BCUT2D eigenvalue weighted by Gasteiger charge is 2.58. The molecule has 3 nitrogen and oxygen atoms in total. The summed E-state index contributed by atoms with van der Waals surface area (Å²) in [6, 6.07) is 5.35. The second kappa shape index (κ2) is 4.54. The van der Waals surface area contributed by atoms with Crippen LogP contribution in [0, 0.1) is 0 Å². The van der Waals surface area contributed by atoms with Gasteiger partial charge in [-0.1, -0.05) is 23.7 Å². The van der Waals surface area contributed by atoms with Crippen LogP contribution in [0.2, 0.25) is 5.02 Å². The summed E-state index contributed by atoms with van der Waals surface area (Å²) >= 11 is 5.57. The third kappa shape index (κ3) is 2.89. The maximum Gasteiger partial charge on any atom is 0.417 e. The van der Waals surface area contributed by atoms with E-state index < -0.39 is 24.1 Å². The van der Waals surface area contributed by atoms with Crippen LogP contribution in [-0.4, -0.2) is 22.8 Å². The minimum Gasteiger partial charge on any atom is -0.480 e. The molecule has 0 aliphatic carbocycles. The molecule has 0 amide bonds. The Labute approximate surface area is 100.0 Å². The molecule has 0 fully saturated rings. The molecular formula is C10H9ClF3NO2. The van der Waals surface area contributed by atoms with Crippen LogP contribution in [0.25, 0.3) is 0 Å². The van der Waals surface area contributed by atoms with E-state index in [-0.39, 0.29) is 5.56 Å². The molecule has 7 heteroatoms. The predicted molar refractivity (Wildman–Crippen MR) is 55.8 cm³/mol. The molecule has 0 aliphatic heterocycles. The van der Waals surface area contributed by atoms with Crippen LogP contribution in [0.3, 0.4) is 0 Å². The smallest absolute Gasteiger partial charge is 0.417 e. The summed E-state index contributed by atoms with van der Waals surface area (Å²) in [4.78, 5) is 10.7. The number of alkyl halides is 3. The van der Waals surface area contributed by atoms with Crippen molar-refractivity contribution in [3.05, 3.63) is 34.9 Å². The van der Waals surface area contributed by atoms with Crippen molar-refractivity contribution in [1.82, 2.24) is 0 Å². The van der Waals surface area contributed by atoms with Crippen molar-refractivity contribution in [3.63, 3.8) is 0 Å². The average molecular weight is 268 g/mol. The molecule has 0 spiro atoms. The topological polar surface area (TPSA) is 63.3 Å². The van der Waals surface area contributed by atoms with Gasteiger partial charge in [-0.05, 0) is 17.7 Å². The Balaban J connectivity index is 3.04. The van der Waals surface area contributed by atoms with Gasteiger partial charge in [-0.25, -0.2) is 4.79 Å². The van der Waals surface area contributed by atoms with Crippen LogP contribution in [-0.2, 0) is 11.2 Å². The summed E-state index contributed by atoms with van der Waals surface area (Å²) < 4.78 is 37.8. The van der Waals surface area contributed by atoms with Crippen LogP contribution in [0.4, 0.5) is 13.2 Å².